The molecule has 168 valence electrons. The van der Waals surface area contributed by atoms with Crippen molar-refractivity contribution < 1.29 is 19.4 Å². The monoisotopic (exact) mass is 435 g/mol. The molecule has 1 amide bonds. The average Bonchev–Trinajstić information content (AvgIpc) is 3.35. The molecule has 2 aromatic carbocycles. The van der Waals surface area contributed by atoms with Crippen LogP contribution in [0.2, 0.25) is 0 Å². The van der Waals surface area contributed by atoms with E-state index in [1.54, 1.807) is 12.1 Å². The van der Waals surface area contributed by atoms with Gasteiger partial charge in [-0.3, -0.25) is 9.89 Å². The summed E-state index contributed by atoms with van der Waals surface area (Å²) in [6.07, 6.45) is 1.64. The lowest BCUT2D eigenvalue weighted by Crippen LogP contribution is -2.31. The zero-order chi connectivity index (χ0) is 22.5. The van der Waals surface area contributed by atoms with Gasteiger partial charge in [0.05, 0.1) is 12.6 Å². The molecule has 7 nitrogen and oxygen atoms in total. The number of phenols is 1. The minimum Gasteiger partial charge on any atom is -0.507 e. The van der Waals surface area contributed by atoms with Crippen LogP contribution in [-0.2, 0) is 4.74 Å². The minimum atomic E-state index is -0.336. The number of benzene rings is 2. The average molecular weight is 436 g/mol. The summed E-state index contributed by atoms with van der Waals surface area (Å²) in [5, 5.41) is 17.8. The van der Waals surface area contributed by atoms with E-state index in [9.17, 15) is 9.90 Å². The second kappa shape index (κ2) is 9.87. The van der Waals surface area contributed by atoms with Crippen molar-refractivity contribution in [3.63, 3.8) is 0 Å². The molecule has 0 aliphatic carbocycles. The number of fused-ring (bicyclic) bond motifs is 1. The zero-order valence-corrected chi connectivity index (χ0v) is 18.5. The van der Waals surface area contributed by atoms with Crippen LogP contribution in [0.15, 0.2) is 48.5 Å². The Morgan fingerprint density at radius 3 is 2.75 bits per heavy atom. The Morgan fingerprint density at radius 1 is 1.12 bits per heavy atom. The first-order chi connectivity index (χ1) is 15.7. The second-order valence-corrected chi connectivity index (χ2v) is 7.75. The highest BCUT2D eigenvalue weighted by atomic mass is 16.5. The maximum atomic E-state index is 13.4. The largest absolute Gasteiger partial charge is 0.507 e. The van der Waals surface area contributed by atoms with Gasteiger partial charge in [-0.1, -0.05) is 31.2 Å². The Labute approximate surface area is 188 Å². The molecule has 0 fully saturated rings. The summed E-state index contributed by atoms with van der Waals surface area (Å²) in [6.45, 7) is 6.44. The van der Waals surface area contributed by atoms with Gasteiger partial charge in [-0.05, 0) is 49.6 Å². The third-order valence-corrected chi connectivity index (χ3v) is 5.56. The van der Waals surface area contributed by atoms with E-state index < -0.39 is 0 Å². The van der Waals surface area contributed by atoms with Crippen LogP contribution in [0.1, 0.15) is 54.3 Å². The van der Waals surface area contributed by atoms with Crippen molar-refractivity contribution in [1.29, 1.82) is 0 Å². The number of carbonyl (C=O) groups is 1. The van der Waals surface area contributed by atoms with Crippen molar-refractivity contribution in [2.45, 2.75) is 32.7 Å². The van der Waals surface area contributed by atoms with Gasteiger partial charge >= 0.3 is 0 Å². The van der Waals surface area contributed by atoms with Crippen LogP contribution in [0.5, 0.6) is 11.5 Å². The number of hydrogen-bond donors (Lipinski definition) is 2. The second-order valence-electron chi connectivity index (χ2n) is 7.75. The summed E-state index contributed by atoms with van der Waals surface area (Å²) in [4.78, 5) is 15.2. The molecule has 0 spiro atoms. The molecule has 3 aromatic rings. The number of H-pyrrole nitrogens is 1. The van der Waals surface area contributed by atoms with Gasteiger partial charge < -0.3 is 19.5 Å². The van der Waals surface area contributed by atoms with E-state index in [2.05, 4.69) is 17.1 Å². The first-order valence-corrected chi connectivity index (χ1v) is 11.1. The van der Waals surface area contributed by atoms with Crippen LogP contribution >= 0.6 is 0 Å². The Kier molecular flexibility index (Phi) is 6.75. The van der Waals surface area contributed by atoms with Crippen molar-refractivity contribution in [3.05, 3.63) is 65.4 Å². The van der Waals surface area contributed by atoms with E-state index in [-0.39, 0.29) is 17.7 Å². The molecule has 0 saturated carbocycles. The Morgan fingerprint density at radius 2 is 1.97 bits per heavy atom. The molecule has 1 atom stereocenters. The van der Waals surface area contributed by atoms with Crippen LogP contribution < -0.4 is 4.74 Å². The topological polar surface area (TPSA) is 87.7 Å². The van der Waals surface area contributed by atoms with E-state index in [1.165, 1.54) is 0 Å². The number of aromatic nitrogens is 2. The lowest BCUT2D eigenvalue weighted by atomic mass is 9.95. The van der Waals surface area contributed by atoms with Gasteiger partial charge in [-0.25, -0.2) is 0 Å². The standard InChI is InChI=1S/C25H29N3O4/c1-3-14-32-18-10-7-9-17(16-18)24-21-22(19-11-5-6-12-20(19)29)26-27-23(21)25(30)28(24)13-8-15-31-4-2/h5-7,9-12,16,24,29H,3-4,8,13-15H2,1-2H3,(H,26,27)/t24-/m0/s1. The van der Waals surface area contributed by atoms with E-state index in [1.807, 2.05) is 48.2 Å². The third kappa shape index (κ3) is 4.21. The number of rotatable bonds is 10. The van der Waals surface area contributed by atoms with Gasteiger partial charge in [0.15, 0.2) is 0 Å². The highest BCUT2D eigenvalue weighted by molar-refractivity contribution is 6.00. The highest BCUT2D eigenvalue weighted by Gasteiger charge is 2.42. The van der Waals surface area contributed by atoms with Crippen molar-refractivity contribution in [1.82, 2.24) is 15.1 Å². The van der Waals surface area contributed by atoms with E-state index in [0.29, 0.717) is 43.3 Å². The summed E-state index contributed by atoms with van der Waals surface area (Å²) >= 11 is 0. The fourth-order valence-electron chi connectivity index (χ4n) is 4.13. The van der Waals surface area contributed by atoms with Gasteiger partial charge in [0, 0.05) is 30.9 Å². The third-order valence-electron chi connectivity index (χ3n) is 5.56. The lowest BCUT2D eigenvalue weighted by molar-refractivity contribution is 0.0710. The van der Waals surface area contributed by atoms with Gasteiger partial charge in [0.25, 0.3) is 5.91 Å². The number of ether oxygens (including phenoxy) is 2. The molecule has 2 N–H and O–H groups in total. The van der Waals surface area contributed by atoms with E-state index >= 15 is 0 Å². The summed E-state index contributed by atoms with van der Waals surface area (Å²) < 4.78 is 11.3. The van der Waals surface area contributed by atoms with Crippen LogP contribution in [0.4, 0.5) is 0 Å². The first-order valence-electron chi connectivity index (χ1n) is 11.1. The predicted molar refractivity (Wildman–Crippen MR) is 122 cm³/mol. The van der Waals surface area contributed by atoms with Gasteiger partial charge in [0.2, 0.25) is 0 Å². The van der Waals surface area contributed by atoms with Crippen LogP contribution in [0.3, 0.4) is 0 Å². The van der Waals surface area contributed by atoms with Crippen LogP contribution in [0, 0.1) is 0 Å². The molecule has 1 aliphatic rings. The fourth-order valence-corrected chi connectivity index (χ4v) is 4.13. The highest BCUT2D eigenvalue weighted by Crippen LogP contribution is 2.44. The van der Waals surface area contributed by atoms with Crippen molar-refractivity contribution in [3.8, 4) is 22.8 Å². The van der Waals surface area contributed by atoms with Crippen molar-refractivity contribution in [2.75, 3.05) is 26.4 Å². The van der Waals surface area contributed by atoms with E-state index in [0.717, 1.165) is 29.7 Å². The predicted octanol–water partition coefficient (Wildman–Crippen LogP) is 4.54. The molecular formula is C25H29N3O4. The minimum absolute atomic E-state index is 0.101. The molecule has 2 heterocycles. The number of para-hydroxylation sites is 1. The Balaban J connectivity index is 1.77. The number of carbonyl (C=O) groups excluding carboxylic acids is 1. The van der Waals surface area contributed by atoms with Crippen LogP contribution in [-0.4, -0.2) is 52.5 Å². The van der Waals surface area contributed by atoms with Gasteiger partial charge in [-0.15, -0.1) is 0 Å². The maximum Gasteiger partial charge on any atom is 0.273 e. The van der Waals surface area contributed by atoms with E-state index in [4.69, 9.17) is 9.47 Å². The van der Waals surface area contributed by atoms with Gasteiger partial charge in [-0.2, -0.15) is 5.10 Å². The van der Waals surface area contributed by atoms with Crippen LogP contribution in [0.25, 0.3) is 11.3 Å². The first kappa shape index (κ1) is 21.9. The van der Waals surface area contributed by atoms with Gasteiger partial charge in [0.1, 0.15) is 22.9 Å². The molecule has 4 rings (SSSR count). The summed E-state index contributed by atoms with van der Waals surface area (Å²) in [6, 6.07) is 14.6. The fraction of sp³-hybridized carbons (Fsp3) is 0.360. The molecule has 1 aliphatic heterocycles. The lowest BCUT2D eigenvalue weighted by Gasteiger charge is -2.26. The number of nitrogens with one attached hydrogen (secondary N) is 1. The van der Waals surface area contributed by atoms with Crippen molar-refractivity contribution >= 4 is 5.91 Å². The number of nitrogens with zero attached hydrogens (tertiary/aromatic N) is 2. The molecule has 0 saturated heterocycles. The Hall–Kier alpha value is -3.32. The molecule has 0 radical (unpaired) electrons. The maximum absolute atomic E-state index is 13.4. The molecule has 0 bridgehead atoms. The summed E-state index contributed by atoms with van der Waals surface area (Å²) in [7, 11) is 0. The number of hydrogen-bond acceptors (Lipinski definition) is 5. The SMILES string of the molecule is CCCOc1cccc([C@H]2c3c(-c4ccccc4O)n[nH]c3C(=O)N2CCCOCC)c1. The number of aromatic amines is 1. The Bertz CT molecular complexity index is 1080. The molecule has 1 aromatic heterocycles. The molecule has 32 heavy (non-hydrogen) atoms. The summed E-state index contributed by atoms with van der Waals surface area (Å²) in [5.74, 6) is 0.797. The quantitative estimate of drug-likeness (QED) is 0.457. The molecule has 7 heteroatoms. The van der Waals surface area contributed by atoms with Crippen molar-refractivity contribution in [2.24, 2.45) is 0 Å². The number of aromatic hydroxyl groups is 1. The molecular weight excluding hydrogens is 406 g/mol. The molecule has 0 unspecified atom stereocenters. The smallest absolute Gasteiger partial charge is 0.273 e. The zero-order valence-electron chi connectivity index (χ0n) is 18.5. The summed E-state index contributed by atoms with van der Waals surface area (Å²) in [5.41, 5.74) is 3.37. The normalized spacial score (nSPS) is 15.2. The number of amides is 1. The number of phenolic OH excluding ortho intramolecular Hbond substituents is 1.